The molecule has 150 valence electrons. The van der Waals surface area contributed by atoms with E-state index in [1.165, 1.54) is 13.0 Å². The number of amides is 2. The van der Waals surface area contributed by atoms with Crippen LogP contribution < -0.4 is 20.3 Å². The Morgan fingerprint density at radius 2 is 1.75 bits per heavy atom. The number of hydrazine groups is 1. The molecule has 9 heteroatoms. The number of aryl methyl sites for hydroxylation is 2. The maximum absolute atomic E-state index is 12.1. The Kier molecular flexibility index (Phi) is 7.98. The molecule has 1 unspecified atom stereocenters. The first-order valence-corrected chi connectivity index (χ1v) is 9.82. The van der Waals surface area contributed by atoms with Gasteiger partial charge >= 0.3 is 0 Å². The zero-order valence-corrected chi connectivity index (χ0v) is 18.5. The molecular weight excluding hydrogens is 471 g/mol. The van der Waals surface area contributed by atoms with Gasteiger partial charge in [-0.05, 0) is 62.2 Å². The maximum atomic E-state index is 12.1. The van der Waals surface area contributed by atoms with Crippen LogP contribution in [0.5, 0.6) is 11.5 Å². The third-order valence-corrected chi connectivity index (χ3v) is 4.65. The summed E-state index contributed by atoms with van der Waals surface area (Å²) < 4.78 is 12.0. The standard InChI is InChI=1S/C19H19BrCl2N2O4/c1-10-6-13(20)7-11(2)18(10)27-9-17(25)23-24-19(26)12(3)28-16-5-4-14(21)8-15(16)22/h4-8,12H,9H2,1-3H3,(H,23,25)(H,24,26). The van der Waals surface area contributed by atoms with Crippen molar-refractivity contribution in [2.24, 2.45) is 0 Å². The van der Waals surface area contributed by atoms with Gasteiger partial charge in [0.25, 0.3) is 11.8 Å². The van der Waals surface area contributed by atoms with E-state index >= 15 is 0 Å². The van der Waals surface area contributed by atoms with Gasteiger partial charge in [-0.2, -0.15) is 0 Å². The molecule has 2 aromatic carbocycles. The summed E-state index contributed by atoms with van der Waals surface area (Å²) in [6.45, 7) is 5.04. The fraction of sp³-hybridized carbons (Fsp3) is 0.263. The van der Waals surface area contributed by atoms with Crippen LogP contribution in [0.4, 0.5) is 0 Å². The monoisotopic (exact) mass is 488 g/mol. The van der Waals surface area contributed by atoms with Crippen LogP contribution in [-0.2, 0) is 9.59 Å². The van der Waals surface area contributed by atoms with Crippen LogP contribution in [0.1, 0.15) is 18.1 Å². The first-order valence-electron chi connectivity index (χ1n) is 8.27. The van der Waals surface area contributed by atoms with Crippen molar-refractivity contribution in [2.75, 3.05) is 6.61 Å². The van der Waals surface area contributed by atoms with Crippen LogP contribution in [0.25, 0.3) is 0 Å². The van der Waals surface area contributed by atoms with Gasteiger partial charge in [-0.1, -0.05) is 39.1 Å². The van der Waals surface area contributed by atoms with Gasteiger partial charge in [0.2, 0.25) is 0 Å². The molecule has 28 heavy (non-hydrogen) atoms. The summed E-state index contributed by atoms with van der Waals surface area (Å²) in [5, 5.41) is 0.739. The Bertz CT molecular complexity index is 869. The van der Waals surface area contributed by atoms with E-state index in [9.17, 15) is 9.59 Å². The predicted molar refractivity (Wildman–Crippen MR) is 112 cm³/mol. The molecule has 0 saturated carbocycles. The number of hydrogen-bond acceptors (Lipinski definition) is 4. The molecule has 2 rings (SSSR count). The van der Waals surface area contributed by atoms with Crippen LogP contribution >= 0.6 is 39.1 Å². The van der Waals surface area contributed by atoms with Crippen LogP contribution in [0.2, 0.25) is 10.0 Å². The number of nitrogens with one attached hydrogen (secondary N) is 2. The van der Waals surface area contributed by atoms with E-state index in [0.717, 1.165) is 15.6 Å². The molecule has 0 aliphatic rings. The smallest absolute Gasteiger partial charge is 0.279 e. The van der Waals surface area contributed by atoms with E-state index in [2.05, 4.69) is 26.8 Å². The Balaban J connectivity index is 1.82. The van der Waals surface area contributed by atoms with Gasteiger partial charge in [-0.3, -0.25) is 20.4 Å². The molecule has 0 spiro atoms. The summed E-state index contributed by atoms with van der Waals surface area (Å²) in [6, 6.07) is 8.45. The second kappa shape index (κ2) is 10.0. The Morgan fingerprint density at radius 3 is 2.36 bits per heavy atom. The van der Waals surface area contributed by atoms with Crippen molar-refractivity contribution < 1.29 is 19.1 Å². The molecule has 2 aromatic rings. The third kappa shape index (κ3) is 6.29. The molecule has 2 amide bonds. The van der Waals surface area contributed by atoms with Gasteiger partial charge < -0.3 is 9.47 Å². The van der Waals surface area contributed by atoms with Crippen LogP contribution in [0, 0.1) is 13.8 Å². The first kappa shape index (κ1) is 22.3. The molecule has 0 heterocycles. The molecule has 6 nitrogen and oxygen atoms in total. The summed E-state index contributed by atoms with van der Waals surface area (Å²) >= 11 is 15.2. The maximum Gasteiger partial charge on any atom is 0.279 e. The van der Waals surface area contributed by atoms with Crippen molar-refractivity contribution in [3.8, 4) is 11.5 Å². The number of benzene rings is 2. The molecule has 0 fully saturated rings. The number of carbonyl (C=O) groups excluding carboxylic acids is 2. The summed E-state index contributed by atoms with van der Waals surface area (Å²) in [5.74, 6) is -0.120. The molecule has 1 atom stereocenters. The van der Waals surface area contributed by atoms with Crippen LogP contribution in [0.3, 0.4) is 0 Å². The van der Waals surface area contributed by atoms with Gasteiger partial charge in [-0.25, -0.2) is 0 Å². The van der Waals surface area contributed by atoms with Crippen LogP contribution in [0.15, 0.2) is 34.8 Å². The van der Waals surface area contributed by atoms with Crippen molar-refractivity contribution in [1.82, 2.24) is 10.9 Å². The molecule has 0 aliphatic heterocycles. The van der Waals surface area contributed by atoms with E-state index in [1.54, 1.807) is 12.1 Å². The average Bonchev–Trinajstić information content (AvgIpc) is 2.61. The highest BCUT2D eigenvalue weighted by molar-refractivity contribution is 9.10. The van der Waals surface area contributed by atoms with E-state index < -0.39 is 17.9 Å². The van der Waals surface area contributed by atoms with E-state index in [4.69, 9.17) is 32.7 Å². The van der Waals surface area contributed by atoms with Gasteiger partial charge in [0.15, 0.2) is 12.7 Å². The quantitative estimate of drug-likeness (QED) is 0.591. The molecule has 0 aromatic heterocycles. The van der Waals surface area contributed by atoms with Crippen LogP contribution in [-0.4, -0.2) is 24.5 Å². The van der Waals surface area contributed by atoms with Crippen molar-refractivity contribution in [3.05, 3.63) is 56.0 Å². The minimum atomic E-state index is -0.893. The molecule has 0 aliphatic carbocycles. The highest BCUT2D eigenvalue weighted by Crippen LogP contribution is 2.28. The molecule has 0 bridgehead atoms. The number of ether oxygens (including phenoxy) is 2. The van der Waals surface area contributed by atoms with Crippen molar-refractivity contribution in [1.29, 1.82) is 0 Å². The van der Waals surface area contributed by atoms with Gasteiger partial charge in [0.05, 0.1) is 5.02 Å². The SMILES string of the molecule is Cc1cc(Br)cc(C)c1OCC(=O)NNC(=O)C(C)Oc1ccc(Cl)cc1Cl. The lowest BCUT2D eigenvalue weighted by Crippen LogP contribution is -2.48. The average molecular weight is 490 g/mol. The zero-order valence-electron chi connectivity index (χ0n) is 15.4. The largest absolute Gasteiger partial charge is 0.483 e. The summed E-state index contributed by atoms with van der Waals surface area (Å²) in [5.41, 5.74) is 6.36. The second-order valence-corrected chi connectivity index (χ2v) is 7.79. The number of hydrogen-bond donors (Lipinski definition) is 2. The molecule has 2 N–H and O–H groups in total. The molecule has 0 saturated heterocycles. The lowest BCUT2D eigenvalue weighted by molar-refractivity contribution is -0.133. The lowest BCUT2D eigenvalue weighted by atomic mass is 10.1. The fourth-order valence-corrected chi connectivity index (χ4v) is 3.49. The summed E-state index contributed by atoms with van der Waals surface area (Å²) in [4.78, 5) is 24.0. The topological polar surface area (TPSA) is 76.7 Å². The molecule has 0 radical (unpaired) electrons. The van der Waals surface area contributed by atoms with Gasteiger partial charge in [-0.15, -0.1) is 0 Å². The van der Waals surface area contributed by atoms with E-state index in [0.29, 0.717) is 16.5 Å². The zero-order chi connectivity index (χ0) is 20.8. The summed E-state index contributed by atoms with van der Waals surface area (Å²) in [7, 11) is 0. The lowest BCUT2D eigenvalue weighted by Gasteiger charge is -2.16. The van der Waals surface area contributed by atoms with Crippen molar-refractivity contribution in [2.45, 2.75) is 26.9 Å². The second-order valence-electron chi connectivity index (χ2n) is 6.03. The Labute approximate surface area is 181 Å². The first-order chi connectivity index (χ1) is 13.2. The Hall–Kier alpha value is -1.96. The third-order valence-electron chi connectivity index (χ3n) is 3.66. The normalized spacial score (nSPS) is 11.5. The van der Waals surface area contributed by atoms with E-state index in [-0.39, 0.29) is 11.6 Å². The minimum absolute atomic E-state index is 0.248. The predicted octanol–water partition coefficient (Wildman–Crippen LogP) is 4.37. The van der Waals surface area contributed by atoms with Gasteiger partial charge in [0, 0.05) is 9.50 Å². The van der Waals surface area contributed by atoms with E-state index in [1.807, 2.05) is 26.0 Å². The molecular formula is C19H19BrCl2N2O4. The minimum Gasteiger partial charge on any atom is -0.483 e. The van der Waals surface area contributed by atoms with Crippen molar-refractivity contribution in [3.63, 3.8) is 0 Å². The Morgan fingerprint density at radius 1 is 1.11 bits per heavy atom. The number of halogens is 3. The highest BCUT2D eigenvalue weighted by Gasteiger charge is 2.17. The van der Waals surface area contributed by atoms with Crippen molar-refractivity contribution >= 4 is 50.9 Å². The fourth-order valence-electron chi connectivity index (χ4n) is 2.35. The highest BCUT2D eigenvalue weighted by atomic mass is 79.9. The van der Waals surface area contributed by atoms with Gasteiger partial charge in [0.1, 0.15) is 11.5 Å². The number of carbonyl (C=O) groups is 2. The summed E-state index contributed by atoms with van der Waals surface area (Å²) in [6.07, 6.45) is -0.893. The number of rotatable bonds is 6.